The van der Waals surface area contributed by atoms with Gasteiger partial charge in [0.15, 0.2) is 0 Å². The largest absolute Gasteiger partial charge is 0.367 e. The Morgan fingerprint density at radius 3 is 2.78 bits per heavy atom. The SMILES string of the molecule is Cc1cccc(NC2CCN(C(=O)C3CN(C)CCO3)CC2)n1. The topological polar surface area (TPSA) is 57.7 Å². The van der Waals surface area contributed by atoms with Gasteiger partial charge in [0.25, 0.3) is 5.91 Å². The summed E-state index contributed by atoms with van der Waals surface area (Å²) in [5.74, 6) is 1.07. The summed E-state index contributed by atoms with van der Waals surface area (Å²) in [4.78, 5) is 21.1. The van der Waals surface area contributed by atoms with E-state index in [1.165, 1.54) is 0 Å². The van der Waals surface area contributed by atoms with E-state index in [0.29, 0.717) is 19.2 Å². The number of aromatic nitrogens is 1. The lowest BCUT2D eigenvalue weighted by molar-refractivity contribution is -0.149. The number of amides is 1. The van der Waals surface area contributed by atoms with Crippen LogP contribution in [-0.4, -0.2) is 72.7 Å². The maximum Gasteiger partial charge on any atom is 0.253 e. The summed E-state index contributed by atoms with van der Waals surface area (Å²) >= 11 is 0. The molecule has 2 aliphatic rings. The molecule has 2 aliphatic heterocycles. The van der Waals surface area contributed by atoms with Crippen LogP contribution < -0.4 is 5.32 Å². The number of ether oxygens (including phenoxy) is 1. The smallest absolute Gasteiger partial charge is 0.253 e. The van der Waals surface area contributed by atoms with Gasteiger partial charge in [-0.2, -0.15) is 0 Å². The predicted molar refractivity (Wildman–Crippen MR) is 89.4 cm³/mol. The van der Waals surface area contributed by atoms with Crippen LogP contribution >= 0.6 is 0 Å². The zero-order chi connectivity index (χ0) is 16.2. The fourth-order valence-corrected chi connectivity index (χ4v) is 3.21. The van der Waals surface area contributed by atoms with E-state index in [1.54, 1.807) is 0 Å². The molecule has 0 bridgehead atoms. The first-order chi connectivity index (χ1) is 11.1. The van der Waals surface area contributed by atoms with Crippen LogP contribution in [0.4, 0.5) is 5.82 Å². The van der Waals surface area contributed by atoms with Gasteiger partial charge in [0.1, 0.15) is 11.9 Å². The summed E-state index contributed by atoms with van der Waals surface area (Å²) in [6, 6.07) is 6.38. The number of hydrogen-bond acceptors (Lipinski definition) is 5. The fourth-order valence-electron chi connectivity index (χ4n) is 3.21. The molecule has 6 heteroatoms. The monoisotopic (exact) mass is 318 g/mol. The van der Waals surface area contributed by atoms with Crippen molar-refractivity contribution in [3.63, 3.8) is 0 Å². The van der Waals surface area contributed by atoms with Gasteiger partial charge in [-0.05, 0) is 38.9 Å². The van der Waals surface area contributed by atoms with Crippen molar-refractivity contribution in [1.29, 1.82) is 0 Å². The standard InChI is InChI=1S/C17H26N4O2/c1-13-4-3-5-16(18-13)19-14-6-8-21(9-7-14)17(22)15-12-20(2)10-11-23-15/h3-5,14-15H,6-12H2,1-2H3,(H,18,19). The van der Waals surface area contributed by atoms with Crippen molar-refractivity contribution in [2.24, 2.45) is 0 Å². The molecule has 0 aromatic carbocycles. The van der Waals surface area contributed by atoms with Crippen molar-refractivity contribution < 1.29 is 9.53 Å². The lowest BCUT2D eigenvalue weighted by Crippen LogP contribution is -2.52. The van der Waals surface area contributed by atoms with Crippen molar-refractivity contribution in [3.8, 4) is 0 Å². The van der Waals surface area contributed by atoms with Crippen LogP contribution in [0.2, 0.25) is 0 Å². The first-order valence-corrected chi connectivity index (χ1v) is 8.41. The quantitative estimate of drug-likeness (QED) is 0.905. The average Bonchev–Trinajstić information content (AvgIpc) is 2.55. The van der Waals surface area contributed by atoms with E-state index < -0.39 is 0 Å². The van der Waals surface area contributed by atoms with Crippen LogP contribution in [-0.2, 0) is 9.53 Å². The molecule has 23 heavy (non-hydrogen) atoms. The highest BCUT2D eigenvalue weighted by molar-refractivity contribution is 5.81. The van der Waals surface area contributed by atoms with Crippen LogP contribution in [0.3, 0.4) is 0 Å². The Kier molecular flexibility index (Phi) is 5.13. The molecule has 1 N–H and O–H groups in total. The normalized spacial score (nSPS) is 23.7. The number of rotatable bonds is 3. The van der Waals surface area contributed by atoms with E-state index in [9.17, 15) is 4.79 Å². The number of aryl methyl sites for hydroxylation is 1. The van der Waals surface area contributed by atoms with Crippen LogP contribution in [0.25, 0.3) is 0 Å². The fraction of sp³-hybridized carbons (Fsp3) is 0.647. The molecule has 126 valence electrons. The van der Waals surface area contributed by atoms with Crippen molar-refractivity contribution in [2.45, 2.75) is 31.9 Å². The third-order valence-electron chi connectivity index (χ3n) is 4.59. The van der Waals surface area contributed by atoms with E-state index in [4.69, 9.17) is 4.74 Å². The number of morpholine rings is 1. The molecule has 0 saturated carbocycles. The number of likely N-dealkylation sites (tertiary alicyclic amines) is 1. The van der Waals surface area contributed by atoms with Gasteiger partial charge in [-0.1, -0.05) is 6.07 Å². The summed E-state index contributed by atoms with van der Waals surface area (Å²) in [6.07, 6.45) is 1.60. The van der Waals surface area contributed by atoms with E-state index in [1.807, 2.05) is 37.1 Å². The lowest BCUT2D eigenvalue weighted by atomic mass is 10.0. The number of carbonyl (C=O) groups is 1. The molecule has 1 aromatic rings. The maximum atomic E-state index is 12.5. The Morgan fingerprint density at radius 1 is 1.30 bits per heavy atom. The summed E-state index contributed by atoms with van der Waals surface area (Å²) < 4.78 is 5.64. The van der Waals surface area contributed by atoms with E-state index in [-0.39, 0.29) is 12.0 Å². The van der Waals surface area contributed by atoms with Gasteiger partial charge in [0, 0.05) is 37.9 Å². The second kappa shape index (κ2) is 7.27. The zero-order valence-electron chi connectivity index (χ0n) is 14.0. The van der Waals surface area contributed by atoms with Gasteiger partial charge >= 0.3 is 0 Å². The summed E-state index contributed by atoms with van der Waals surface area (Å²) in [5.41, 5.74) is 1.01. The third-order valence-corrected chi connectivity index (χ3v) is 4.59. The minimum atomic E-state index is -0.295. The summed E-state index contributed by atoms with van der Waals surface area (Å²) in [6.45, 7) is 5.80. The molecule has 2 saturated heterocycles. The molecule has 1 amide bonds. The second-order valence-corrected chi connectivity index (χ2v) is 6.53. The first kappa shape index (κ1) is 16.2. The highest BCUT2D eigenvalue weighted by Gasteiger charge is 2.31. The molecule has 1 atom stereocenters. The van der Waals surface area contributed by atoms with Gasteiger partial charge in [0.05, 0.1) is 6.61 Å². The molecule has 2 fully saturated rings. The highest BCUT2D eigenvalue weighted by atomic mass is 16.5. The Bertz CT molecular complexity index is 543. The number of nitrogens with one attached hydrogen (secondary N) is 1. The number of carbonyl (C=O) groups excluding carboxylic acids is 1. The third kappa shape index (κ3) is 4.20. The number of anilines is 1. The molecular weight excluding hydrogens is 292 g/mol. The first-order valence-electron chi connectivity index (χ1n) is 8.41. The number of hydrogen-bond donors (Lipinski definition) is 1. The molecule has 0 radical (unpaired) electrons. The van der Waals surface area contributed by atoms with Crippen LogP contribution in [0, 0.1) is 6.92 Å². The zero-order valence-corrected chi connectivity index (χ0v) is 14.0. The second-order valence-electron chi connectivity index (χ2n) is 6.53. The van der Waals surface area contributed by atoms with Crippen molar-refractivity contribution in [3.05, 3.63) is 23.9 Å². The number of pyridine rings is 1. The average molecular weight is 318 g/mol. The molecule has 3 rings (SSSR count). The Hall–Kier alpha value is -1.66. The van der Waals surface area contributed by atoms with Crippen molar-refractivity contribution >= 4 is 11.7 Å². The Labute approximate surface area is 137 Å². The molecule has 1 aromatic heterocycles. The lowest BCUT2D eigenvalue weighted by Gasteiger charge is -2.37. The maximum absolute atomic E-state index is 12.5. The highest BCUT2D eigenvalue weighted by Crippen LogP contribution is 2.17. The van der Waals surface area contributed by atoms with Crippen LogP contribution in [0.1, 0.15) is 18.5 Å². The molecule has 3 heterocycles. The molecule has 0 spiro atoms. The van der Waals surface area contributed by atoms with Crippen LogP contribution in [0.5, 0.6) is 0 Å². The van der Waals surface area contributed by atoms with Gasteiger partial charge < -0.3 is 19.9 Å². The molecule has 6 nitrogen and oxygen atoms in total. The van der Waals surface area contributed by atoms with Crippen molar-refractivity contribution in [2.75, 3.05) is 45.2 Å². The molecular formula is C17H26N4O2. The van der Waals surface area contributed by atoms with Gasteiger partial charge in [0.2, 0.25) is 0 Å². The van der Waals surface area contributed by atoms with E-state index in [2.05, 4.69) is 15.2 Å². The molecule has 0 aliphatic carbocycles. The van der Waals surface area contributed by atoms with Gasteiger partial charge in [-0.3, -0.25) is 4.79 Å². The summed E-state index contributed by atoms with van der Waals surface area (Å²) in [7, 11) is 2.04. The van der Waals surface area contributed by atoms with Gasteiger partial charge in [-0.25, -0.2) is 4.98 Å². The minimum absolute atomic E-state index is 0.142. The van der Waals surface area contributed by atoms with Crippen LogP contribution in [0.15, 0.2) is 18.2 Å². The summed E-state index contributed by atoms with van der Waals surface area (Å²) in [5, 5.41) is 3.48. The van der Waals surface area contributed by atoms with Crippen molar-refractivity contribution in [1.82, 2.24) is 14.8 Å². The predicted octanol–water partition coefficient (Wildman–Crippen LogP) is 1.12. The van der Waals surface area contributed by atoms with E-state index >= 15 is 0 Å². The number of nitrogens with zero attached hydrogens (tertiary/aromatic N) is 3. The minimum Gasteiger partial charge on any atom is -0.367 e. The number of piperidine rings is 1. The van der Waals surface area contributed by atoms with Gasteiger partial charge in [-0.15, -0.1) is 0 Å². The number of likely N-dealkylation sites (N-methyl/N-ethyl adjacent to an activating group) is 1. The molecule has 1 unspecified atom stereocenters. The Balaban J connectivity index is 1.49. The Morgan fingerprint density at radius 2 is 2.09 bits per heavy atom. The van der Waals surface area contributed by atoms with E-state index in [0.717, 1.165) is 44.0 Å².